The average Bonchev–Trinajstić information content (AvgIpc) is 0.767. The molecule has 27 nitrogen and oxygen atoms in total. The summed E-state index contributed by atoms with van der Waals surface area (Å²) < 4.78 is 40.0. The lowest BCUT2D eigenvalue weighted by molar-refractivity contribution is -0.334. The molecule has 0 aromatic heterocycles. The Bertz CT molecular complexity index is 4730. The van der Waals surface area contributed by atoms with Crippen LogP contribution in [0, 0.1) is 17.8 Å². The maximum absolute atomic E-state index is 15.7. The number of carbonyl (C=O) groups excluding carboxylic acids is 6. The quantitative estimate of drug-likeness (QED) is 0.0403. The van der Waals surface area contributed by atoms with Crippen molar-refractivity contribution in [3.63, 3.8) is 0 Å². The molecule has 112 heavy (non-hydrogen) atoms. The predicted molar refractivity (Wildman–Crippen MR) is 414 cm³/mol. The van der Waals surface area contributed by atoms with Gasteiger partial charge in [0.1, 0.15) is 65.0 Å². The molecule has 2 saturated heterocycles. The second kappa shape index (κ2) is 34.8. The average molecular weight is 1620 g/mol. The molecular weight excluding hydrogens is 1530 g/mol. The zero-order chi connectivity index (χ0) is 80.5. The van der Waals surface area contributed by atoms with Gasteiger partial charge in [-0.2, -0.15) is 0 Å². The minimum Gasteiger partial charge on any atom is -0.508 e. The molecule has 0 radical (unpaired) electrons. The van der Waals surface area contributed by atoms with Crippen LogP contribution in [0.3, 0.4) is 0 Å². The lowest BCUT2D eigenvalue weighted by atomic mass is 9.80. The van der Waals surface area contributed by atoms with E-state index < -0.39 is 211 Å². The van der Waals surface area contributed by atoms with Crippen molar-refractivity contribution in [3.05, 3.63) is 176 Å². The highest BCUT2D eigenvalue weighted by Gasteiger charge is 2.52. The minimum atomic E-state index is -1.98. The fourth-order valence-electron chi connectivity index (χ4n) is 15.0. The van der Waals surface area contributed by atoms with Gasteiger partial charge in [-0.15, -0.1) is 0 Å². The van der Waals surface area contributed by atoms with Gasteiger partial charge in [-0.1, -0.05) is 115 Å². The van der Waals surface area contributed by atoms with Gasteiger partial charge in [-0.25, -0.2) is 0 Å². The van der Waals surface area contributed by atoms with Crippen LogP contribution in [-0.4, -0.2) is 166 Å². The van der Waals surface area contributed by atoms with Crippen molar-refractivity contribution in [2.45, 2.75) is 170 Å². The Balaban J connectivity index is 1.03. The number of hydrogen-bond acceptors (Lipinski definition) is 24. The molecule has 31 heteroatoms. The molecule has 7 aliphatic heterocycles. The number of aromatic hydroxyl groups is 3. The van der Waals surface area contributed by atoms with Crippen LogP contribution >= 0.6 is 47.0 Å². The fourth-order valence-corrected chi connectivity index (χ4v) is 15.9. The summed E-state index contributed by atoms with van der Waals surface area (Å²) in [5, 5.41) is 121. The van der Waals surface area contributed by atoms with Gasteiger partial charge in [-0.3, -0.25) is 28.8 Å². The molecule has 4 unspecified atom stereocenters. The summed E-state index contributed by atoms with van der Waals surface area (Å²) in [6, 6.07) is 27.3. The third-order valence-corrected chi connectivity index (χ3v) is 22.4. The number of thiocarbonyl (C=S) groups is 1. The van der Waals surface area contributed by atoms with Gasteiger partial charge in [0, 0.05) is 77.3 Å². The van der Waals surface area contributed by atoms with E-state index in [1.807, 2.05) is 50.2 Å². The van der Waals surface area contributed by atoms with Crippen LogP contribution in [0.25, 0.3) is 22.3 Å². The topological polar surface area (TPSA) is 426 Å². The number of phenolic OH excluding ortho intramolecular Hbond substituents is 3. The molecule has 7 aromatic carbocycles. The maximum Gasteiger partial charge on any atom is 0.237 e. The second-order valence-electron chi connectivity index (χ2n) is 29.6. The summed E-state index contributed by atoms with van der Waals surface area (Å²) >= 11 is 27.1. The molecule has 594 valence electrons. The smallest absolute Gasteiger partial charge is 0.237 e. The molecular formula is C81H87Cl3N6O21S. The highest BCUT2D eigenvalue weighted by Crippen LogP contribution is 2.51. The normalized spacial score (nSPS) is 27.2. The van der Waals surface area contributed by atoms with Gasteiger partial charge in [-0.05, 0) is 151 Å². The number of nitrogens with one attached hydrogen (secondary N) is 5. The minimum absolute atomic E-state index is 0.0151. The van der Waals surface area contributed by atoms with E-state index >= 15 is 14.4 Å². The number of ether oxygens (including phenoxy) is 6. The second-order valence-corrected chi connectivity index (χ2v) is 31.3. The number of carbonyl (C=O) groups is 6. The molecule has 0 saturated carbocycles. The molecule has 4 amide bonds. The lowest BCUT2D eigenvalue weighted by Crippen LogP contribution is -2.65. The number of Topliss-reactive ketones (excluding diaryl/α,β-unsaturated/α-hetero) is 2. The molecule has 11 bridgehead atoms. The molecule has 7 aliphatic rings. The van der Waals surface area contributed by atoms with Gasteiger partial charge >= 0.3 is 0 Å². The largest absolute Gasteiger partial charge is 0.508 e. The fraction of sp³-hybridized carbons (Fsp3) is 0.395. The Morgan fingerprint density at radius 3 is 1.97 bits per heavy atom. The molecule has 0 aliphatic carbocycles. The van der Waals surface area contributed by atoms with Crippen molar-refractivity contribution < 1.29 is 103 Å². The van der Waals surface area contributed by atoms with Crippen molar-refractivity contribution >= 4 is 87.1 Å². The first-order valence-corrected chi connectivity index (χ1v) is 38.0. The van der Waals surface area contributed by atoms with Crippen molar-refractivity contribution in [2.24, 2.45) is 23.5 Å². The molecule has 2 fully saturated rings. The third kappa shape index (κ3) is 18.2. The first-order valence-electron chi connectivity index (χ1n) is 36.5. The zero-order valence-electron chi connectivity index (χ0n) is 61.3. The number of aliphatic hydroxyl groups excluding tert-OH is 6. The van der Waals surface area contributed by atoms with E-state index in [1.54, 1.807) is 26.0 Å². The number of hydrogen-bond donors (Lipinski definition) is 15. The number of likely N-dealkylation sites (N-methyl/N-ethyl adjacent to an activating group) is 1. The maximum atomic E-state index is 15.7. The lowest BCUT2D eigenvalue weighted by Gasteiger charge is -2.48. The predicted octanol–water partition coefficient (Wildman–Crippen LogP) is 8.50. The van der Waals surface area contributed by atoms with E-state index in [2.05, 4.69) is 26.6 Å². The SMILES string of the molecule is CN[C@H](CC(C)C)C(=O)N[C@H]1C(=O)C[C@@H](CC(N)=O)C(=O)N[C@H]2C(=S)C[C@@H]3C(=O)C[C@H](C(=O)NCc4cc(O)cc(O)c4-c4cc3ccc4O)[C@H](O)c3ccc(c(Cl)c3)Oc3cc2cc(c3OC2OC(CO)C(O)[C@H](O)[C@H]2O[C@H]2CC(C)(NCc3ccc(-c4ccc(Cl)cc4)cc3)[C@H](O)[C@H](C)O2)Oc2ccc(cc2Cl)[C@H]1O. The Hall–Kier alpha value is -8.92. The van der Waals surface area contributed by atoms with E-state index in [1.165, 1.54) is 79.8 Å². The highest BCUT2D eigenvalue weighted by atomic mass is 35.5. The summed E-state index contributed by atoms with van der Waals surface area (Å²) in [7, 11) is 1.53. The number of fused-ring (bicyclic) bond motifs is 15. The number of ketones is 2. The Morgan fingerprint density at radius 1 is 0.723 bits per heavy atom. The molecule has 14 rings (SSSR count). The van der Waals surface area contributed by atoms with Crippen LogP contribution < -0.4 is 46.5 Å². The number of aliphatic hydroxyl groups is 6. The monoisotopic (exact) mass is 1620 g/mol. The molecule has 17 atom stereocenters. The van der Waals surface area contributed by atoms with Gasteiger partial charge in [0.05, 0.1) is 58.9 Å². The number of rotatable bonds is 16. The van der Waals surface area contributed by atoms with E-state index in [0.29, 0.717) is 5.02 Å². The molecule has 0 spiro atoms. The van der Waals surface area contributed by atoms with Gasteiger partial charge in [0.25, 0.3) is 0 Å². The van der Waals surface area contributed by atoms with E-state index in [0.717, 1.165) is 22.8 Å². The summed E-state index contributed by atoms with van der Waals surface area (Å²) in [5.74, 6) is -13.6. The van der Waals surface area contributed by atoms with Crippen LogP contribution in [0.15, 0.2) is 127 Å². The standard InChI is InChI=1S/C81H87Cl3N6O21S/c1-36(2)20-54(86-5)79(105)90-69-58(96)25-45(28-65(85)97)77(103)89-68-44-26-61(107-59-18-13-42(23-52(59)83)70(98)51-30-56(94)49(31-64(68)112)41-12-17-55(93)50(22-41)67-46(34-87-78(51)104)21-48(92)29-57(67)95)74(62(27-44)108-60-19-14-43(71(69)99)24-53(60)84)111-80-75(73(101)72(100)63(35-91)109-80)110-66-32-81(4,76(102)37(3)106-66)88-33-38-6-8-39(9-7-38)40-10-15-47(82)16-11-40/h6-19,21-24,26-27,29,36-37,45,49,51,54,63,66,68-73,75-76,80,86,88,91-93,95,98-102H,20,25,28,30-35H2,1-5H3,(H2,85,97)(H,87,104)(H,89,103)(H,90,105)/t37-,45-,49-,51-,54+,63?,66-,68+,69-,70+,71+,72?,73-,75+,76+,80?,81?/m0/s1. The highest BCUT2D eigenvalue weighted by molar-refractivity contribution is 7.80. The Labute approximate surface area is 664 Å². The zero-order valence-corrected chi connectivity index (χ0v) is 64.4. The number of benzene rings is 7. The molecule has 16 N–H and O–H groups in total. The number of phenols is 3. The van der Waals surface area contributed by atoms with Gasteiger partial charge in [0.2, 0.25) is 35.7 Å². The summed E-state index contributed by atoms with van der Waals surface area (Å²) in [4.78, 5) is 88.6. The summed E-state index contributed by atoms with van der Waals surface area (Å²) in [6.45, 7) is 6.02. The van der Waals surface area contributed by atoms with Crippen LogP contribution in [0.2, 0.25) is 15.1 Å². The first kappa shape index (κ1) is 82.5. The Morgan fingerprint density at radius 2 is 1.36 bits per heavy atom. The van der Waals surface area contributed by atoms with Crippen molar-refractivity contribution in [2.75, 3.05) is 13.7 Å². The van der Waals surface area contributed by atoms with Crippen LogP contribution in [-0.2, 0) is 56.1 Å². The first-order chi connectivity index (χ1) is 53.3. The van der Waals surface area contributed by atoms with Gasteiger partial charge in [0.15, 0.2) is 29.7 Å². The molecule has 7 heterocycles. The van der Waals surface area contributed by atoms with Crippen molar-refractivity contribution in [1.82, 2.24) is 26.6 Å². The summed E-state index contributed by atoms with van der Waals surface area (Å²) in [5.41, 5.74) is 7.33. The van der Waals surface area contributed by atoms with E-state index in [4.69, 9.17) is 81.2 Å². The van der Waals surface area contributed by atoms with Crippen LogP contribution in [0.1, 0.15) is 124 Å². The van der Waals surface area contributed by atoms with Crippen molar-refractivity contribution in [1.29, 1.82) is 0 Å². The number of nitrogens with two attached hydrogens (primary N) is 1. The van der Waals surface area contributed by atoms with Crippen molar-refractivity contribution in [3.8, 4) is 68.2 Å². The van der Waals surface area contributed by atoms with E-state index in [9.17, 15) is 60.3 Å². The number of halogens is 3. The van der Waals surface area contributed by atoms with E-state index in [-0.39, 0.29) is 90.7 Å². The van der Waals surface area contributed by atoms with Crippen LogP contribution in [0.4, 0.5) is 0 Å². The Kier molecular flexibility index (Phi) is 25.7. The van der Waals surface area contributed by atoms with Crippen LogP contribution in [0.5, 0.6) is 46.0 Å². The van der Waals surface area contributed by atoms with Gasteiger partial charge < -0.3 is 107 Å². The number of primary amides is 1. The third-order valence-electron chi connectivity index (χ3n) is 21.1. The number of amides is 4. The summed E-state index contributed by atoms with van der Waals surface area (Å²) in [6.07, 6.45) is -19.3. The molecule has 7 aromatic rings.